The second kappa shape index (κ2) is 8.72. The van der Waals surface area contributed by atoms with Crippen LogP contribution in [0.2, 0.25) is 5.02 Å². The molecule has 0 aliphatic heterocycles. The molecular weight excluding hydrogens is 430 g/mol. The minimum absolute atomic E-state index is 0.0518. The fourth-order valence-corrected chi connectivity index (χ4v) is 5.24. The van der Waals surface area contributed by atoms with Gasteiger partial charge in [-0.2, -0.15) is 9.71 Å². The first-order chi connectivity index (χ1) is 14.2. The van der Waals surface area contributed by atoms with Crippen LogP contribution in [0.3, 0.4) is 0 Å². The number of carbonyl (C=O) groups excluding carboxylic acids is 1. The Morgan fingerprint density at radius 3 is 2.57 bits per heavy atom. The molecule has 1 heterocycles. The molecule has 1 aromatic heterocycles. The number of aromatic nitrogens is 1. The highest BCUT2D eigenvalue weighted by atomic mass is 35.5. The minimum atomic E-state index is -4.05. The first-order valence-corrected chi connectivity index (χ1v) is 11.2. The third kappa shape index (κ3) is 4.48. The van der Waals surface area contributed by atoms with Crippen LogP contribution in [0.1, 0.15) is 25.7 Å². The second-order valence-electron chi connectivity index (χ2n) is 7.11. The van der Waals surface area contributed by atoms with Crippen molar-refractivity contribution in [2.45, 2.75) is 36.1 Å². The van der Waals surface area contributed by atoms with Crippen molar-refractivity contribution < 1.29 is 13.2 Å². The molecule has 1 amide bonds. The number of hydrogen-bond donors (Lipinski definition) is 5. The molecule has 162 valence electrons. The summed E-state index contributed by atoms with van der Waals surface area (Å²) in [4.78, 5) is 20.7. The van der Waals surface area contributed by atoms with Gasteiger partial charge in [0.05, 0.1) is 9.92 Å². The number of sulfonamides is 1. The summed E-state index contributed by atoms with van der Waals surface area (Å²) in [6, 6.07) is 4.35. The molecule has 30 heavy (non-hydrogen) atoms. The molecular formula is C18H24ClN7O3S. The predicted octanol–water partition coefficient (Wildman–Crippen LogP) is 0.459. The van der Waals surface area contributed by atoms with Crippen molar-refractivity contribution in [2.75, 3.05) is 13.1 Å². The maximum atomic E-state index is 13.2. The molecule has 0 spiro atoms. The van der Waals surface area contributed by atoms with E-state index in [4.69, 9.17) is 28.8 Å². The van der Waals surface area contributed by atoms with Gasteiger partial charge in [0, 0.05) is 30.1 Å². The second-order valence-corrected chi connectivity index (χ2v) is 9.20. The minimum Gasteiger partial charge on any atom is -0.370 e. The summed E-state index contributed by atoms with van der Waals surface area (Å²) < 4.78 is 29.0. The zero-order chi connectivity index (χ0) is 21.9. The van der Waals surface area contributed by atoms with Gasteiger partial charge in [0.2, 0.25) is 15.9 Å². The van der Waals surface area contributed by atoms with Gasteiger partial charge in [0.1, 0.15) is 5.54 Å². The van der Waals surface area contributed by atoms with Gasteiger partial charge in [-0.05, 0) is 25.0 Å². The summed E-state index contributed by atoms with van der Waals surface area (Å²) in [5, 5.41) is 3.93. The van der Waals surface area contributed by atoms with Crippen LogP contribution in [-0.4, -0.2) is 43.9 Å². The summed E-state index contributed by atoms with van der Waals surface area (Å²) in [7, 11) is -4.05. The zero-order valence-electron chi connectivity index (χ0n) is 16.2. The third-order valence-corrected chi connectivity index (χ3v) is 6.82. The van der Waals surface area contributed by atoms with Crippen LogP contribution in [-0.2, 0) is 14.8 Å². The van der Waals surface area contributed by atoms with E-state index in [0.29, 0.717) is 28.6 Å². The molecule has 0 saturated heterocycles. The highest BCUT2D eigenvalue weighted by molar-refractivity contribution is 7.89. The average Bonchev–Trinajstić information content (AvgIpc) is 3.16. The topological polar surface area (TPSA) is 179 Å². The number of hydrogen-bond acceptors (Lipinski definition) is 6. The van der Waals surface area contributed by atoms with Gasteiger partial charge < -0.3 is 22.5 Å². The fraction of sp³-hybridized carbons (Fsp3) is 0.389. The molecule has 1 saturated carbocycles. The Balaban J connectivity index is 2.03. The van der Waals surface area contributed by atoms with Gasteiger partial charge in [0.25, 0.3) is 0 Å². The van der Waals surface area contributed by atoms with Gasteiger partial charge in [-0.25, -0.2) is 13.4 Å². The number of halogens is 1. The molecule has 1 aromatic carbocycles. The number of carbonyl (C=O) groups is 1. The maximum Gasteiger partial charge on any atom is 0.241 e. The molecule has 1 aliphatic carbocycles. The molecule has 0 unspecified atom stereocenters. The normalized spacial score (nSPS) is 15.8. The summed E-state index contributed by atoms with van der Waals surface area (Å²) in [6.07, 6.45) is 3.67. The number of guanidine groups is 1. The smallest absolute Gasteiger partial charge is 0.241 e. The Kier molecular flexibility index (Phi) is 6.46. The number of fused-ring (bicyclic) bond motifs is 1. The van der Waals surface area contributed by atoms with Gasteiger partial charge in [-0.1, -0.05) is 30.5 Å². The maximum absolute atomic E-state index is 13.2. The summed E-state index contributed by atoms with van der Waals surface area (Å²) in [5.74, 6) is -0.456. The Bertz CT molecular complexity index is 1090. The SMILES string of the molecule is NCCNC(=O)C1(NS(=O)(=O)c2ccc3c(Cl)cnc(N=C(N)N)c3c2)CCCC1. The first-order valence-electron chi connectivity index (χ1n) is 9.39. The van der Waals surface area contributed by atoms with Gasteiger partial charge in [-0.15, -0.1) is 0 Å². The number of benzene rings is 1. The van der Waals surface area contributed by atoms with Crippen molar-refractivity contribution in [3.63, 3.8) is 0 Å². The Morgan fingerprint density at radius 1 is 1.23 bits per heavy atom. The van der Waals surface area contributed by atoms with E-state index in [2.05, 4.69) is 20.0 Å². The van der Waals surface area contributed by atoms with Crippen LogP contribution in [0, 0.1) is 0 Å². The van der Waals surface area contributed by atoms with Crippen LogP contribution in [0.15, 0.2) is 34.3 Å². The molecule has 1 fully saturated rings. The van der Waals surface area contributed by atoms with E-state index in [1.807, 2.05) is 0 Å². The number of rotatable bonds is 7. The van der Waals surface area contributed by atoms with E-state index in [0.717, 1.165) is 12.8 Å². The molecule has 0 radical (unpaired) electrons. The zero-order valence-corrected chi connectivity index (χ0v) is 17.8. The van der Waals surface area contributed by atoms with Crippen LogP contribution < -0.4 is 27.2 Å². The van der Waals surface area contributed by atoms with Crippen LogP contribution in [0.25, 0.3) is 10.8 Å². The Hall–Kier alpha value is -2.47. The molecule has 0 atom stereocenters. The number of nitrogens with zero attached hydrogens (tertiary/aromatic N) is 2. The van der Waals surface area contributed by atoms with Crippen molar-refractivity contribution in [3.05, 3.63) is 29.4 Å². The van der Waals surface area contributed by atoms with Crippen LogP contribution in [0.5, 0.6) is 0 Å². The fourth-order valence-electron chi connectivity index (χ4n) is 3.58. The van der Waals surface area contributed by atoms with E-state index < -0.39 is 15.6 Å². The summed E-state index contributed by atoms with van der Waals surface area (Å²) >= 11 is 6.18. The molecule has 1 aliphatic rings. The highest BCUT2D eigenvalue weighted by Gasteiger charge is 2.44. The van der Waals surface area contributed by atoms with Crippen molar-refractivity contribution in [1.29, 1.82) is 0 Å². The third-order valence-electron chi connectivity index (χ3n) is 4.99. The van der Waals surface area contributed by atoms with E-state index in [1.165, 1.54) is 18.3 Å². The lowest BCUT2D eigenvalue weighted by Crippen LogP contribution is -2.57. The van der Waals surface area contributed by atoms with Crippen molar-refractivity contribution >= 4 is 50.1 Å². The molecule has 8 N–H and O–H groups in total. The first kappa shape index (κ1) is 22.2. The van der Waals surface area contributed by atoms with Crippen molar-refractivity contribution in [2.24, 2.45) is 22.2 Å². The van der Waals surface area contributed by atoms with Crippen molar-refractivity contribution in [3.8, 4) is 0 Å². The number of pyridine rings is 1. The van der Waals surface area contributed by atoms with Crippen LogP contribution >= 0.6 is 11.6 Å². The standard InChI is InChI=1S/C18H24ClN7O3S/c19-14-10-24-15(25-17(21)22)13-9-11(3-4-12(13)14)30(28,29)26-18(5-1-2-6-18)16(27)23-8-7-20/h3-4,9-10,26H,1-2,5-8,20H2,(H,23,27)(H4,21,22,24,25). The van der Waals surface area contributed by atoms with Gasteiger partial charge >= 0.3 is 0 Å². The quantitative estimate of drug-likeness (QED) is 0.298. The van der Waals surface area contributed by atoms with E-state index in [1.54, 1.807) is 6.07 Å². The summed E-state index contributed by atoms with van der Waals surface area (Å²) in [6.45, 7) is 0.533. The Labute approximate surface area is 179 Å². The molecule has 12 heteroatoms. The highest BCUT2D eigenvalue weighted by Crippen LogP contribution is 2.34. The average molecular weight is 454 g/mol. The summed E-state index contributed by atoms with van der Waals surface area (Å²) in [5.41, 5.74) is 15.1. The van der Waals surface area contributed by atoms with Gasteiger partial charge in [0.15, 0.2) is 11.8 Å². The van der Waals surface area contributed by atoms with Gasteiger partial charge in [-0.3, -0.25) is 4.79 Å². The van der Waals surface area contributed by atoms with Crippen LogP contribution in [0.4, 0.5) is 5.82 Å². The molecule has 10 nitrogen and oxygen atoms in total. The van der Waals surface area contributed by atoms with E-state index in [9.17, 15) is 13.2 Å². The number of aliphatic imine (C=N–C) groups is 1. The predicted molar refractivity (Wildman–Crippen MR) is 116 cm³/mol. The van der Waals surface area contributed by atoms with E-state index >= 15 is 0 Å². The lowest BCUT2D eigenvalue weighted by atomic mass is 9.98. The van der Waals surface area contributed by atoms with Crippen molar-refractivity contribution in [1.82, 2.24) is 15.0 Å². The lowest BCUT2D eigenvalue weighted by Gasteiger charge is -2.28. The molecule has 3 rings (SSSR count). The lowest BCUT2D eigenvalue weighted by molar-refractivity contribution is -0.126. The Morgan fingerprint density at radius 2 is 1.93 bits per heavy atom. The number of nitrogens with two attached hydrogens (primary N) is 3. The van der Waals surface area contributed by atoms with E-state index in [-0.39, 0.29) is 35.7 Å². The molecule has 2 aromatic rings. The monoisotopic (exact) mass is 453 g/mol. The molecule has 0 bridgehead atoms. The number of nitrogens with one attached hydrogen (secondary N) is 2. The largest absolute Gasteiger partial charge is 0.370 e. The number of amides is 1.